The fraction of sp³-hybridized carbons (Fsp3) is 0.190. The Hall–Kier alpha value is -2.36. The van der Waals surface area contributed by atoms with Crippen LogP contribution in [0.4, 0.5) is 0 Å². The average molecular weight is 353 g/mol. The molecule has 0 amide bonds. The van der Waals surface area contributed by atoms with E-state index in [2.05, 4.69) is 16.4 Å². The zero-order valence-corrected chi connectivity index (χ0v) is 15.0. The topological polar surface area (TPSA) is 34.1 Å². The molecule has 0 fully saturated rings. The van der Waals surface area contributed by atoms with Crippen LogP contribution in [0.3, 0.4) is 0 Å². The van der Waals surface area contributed by atoms with E-state index in [1.165, 1.54) is 5.56 Å². The lowest BCUT2D eigenvalue weighted by Crippen LogP contribution is -2.13. The Bertz CT molecular complexity index is 835. The van der Waals surface area contributed by atoms with Gasteiger partial charge < -0.3 is 10.1 Å². The van der Waals surface area contributed by atoms with Gasteiger partial charge in [-0.25, -0.2) is 0 Å². The Morgan fingerprint density at radius 3 is 2.64 bits per heavy atom. The summed E-state index contributed by atoms with van der Waals surface area (Å²) in [5, 5.41) is 4.14. The molecule has 3 rings (SSSR count). The predicted molar refractivity (Wildman–Crippen MR) is 102 cm³/mol. The monoisotopic (exact) mass is 352 g/mol. The lowest BCUT2D eigenvalue weighted by molar-refractivity contribution is 0.306. The van der Waals surface area contributed by atoms with Crippen LogP contribution in [-0.2, 0) is 19.7 Å². The van der Waals surface area contributed by atoms with E-state index in [1.807, 2.05) is 67.6 Å². The molecule has 25 heavy (non-hydrogen) atoms. The number of hydrogen-bond acceptors (Lipinski definition) is 3. The summed E-state index contributed by atoms with van der Waals surface area (Å²) >= 11 is 6.16. The Balaban J connectivity index is 1.53. The Morgan fingerprint density at radius 1 is 0.960 bits per heavy atom. The van der Waals surface area contributed by atoms with Crippen LogP contribution in [0.15, 0.2) is 66.7 Å². The number of nitrogens with zero attached hydrogens (tertiary/aromatic N) is 1. The zero-order valence-electron chi connectivity index (χ0n) is 14.2. The van der Waals surface area contributed by atoms with Crippen molar-refractivity contribution in [2.75, 3.05) is 0 Å². The van der Waals surface area contributed by atoms with Gasteiger partial charge >= 0.3 is 0 Å². The number of halogens is 1. The molecule has 0 spiro atoms. The molecule has 1 heterocycles. The molecule has 0 aliphatic heterocycles. The summed E-state index contributed by atoms with van der Waals surface area (Å²) < 4.78 is 5.87. The van der Waals surface area contributed by atoms with Crippen molar-refractivity contribution >= 4 is 11.6 Å². The second-order valence-corrected chi connectivity index (χ2v) is 6.31. The quantitative estimate of drug-likeness (QED) is 0.655. The van der Waals surface area contributed by atoms with Gasteiger partial charge in [-0.3, -0.25) is 4.98 Å². The molecule has 2 aromatic carbocycles. The number of aromatic nitrogens is 1. The van der Waals surface area contributed by atoms with Crippen molar-refractivity contribution in [3.05, 3.63) is 94.3 Å². The first-order chi connectivity index (χ1) is 12.2. The fourth-order valence-corrected chi connectivity index (χ4v) is 2.74. The molecule has 1 N–H and O–H groups in total. The first kappa shape index (κ1) is 17.5. The smallest absolute Gasteiger partial charge is 0.120 e. The zero-order chi connectivity index (χ0) is 17.5. The van der Waals surface area contributed by atoms with Crippen LogP contribution >= 0.6 is 11.6 Å². The van der Waals surface area contributed by atoms with Gasteiger partial charge in [0.2, 0.25) is 0 Å². The van der Waals surface area contributed by atoms with Gasteiger partial charge in [-0.2, -0.15) is 0 Å². The van der Waals surface area contributed by atoms with Crippen molar-refractivity contribution in [2.45, 2.75) is 26.6 Å². The van der Waals surface area contributed by atoms with Gasteiger partial charge in [0.15, 0.2) is 0 Å². The molecule has 0 atom stereocenters. The van der Waals surface area contributed by atoms with Crippen LogP contribution < -0.4 is 10.1 Å². The number of hydrogen-bond donors (Lipinski definition) is 1. The van der Waals surface area contributed by atoms with Gasteiger partial charge in [0.05, 0.1) is 5.69 Å². The SMILES string of the molecule is Cc1cccc(CNCc2cccc(OCc3ccccc3Cl)c2)n1. The van der Waals surface area contributed by atoms with E-state index in [-0.39, 0.29) is 0 Å². The molecule has 0 unspecified atom stereocenters. The first-order valence-corrected chi connectivity index (χ1v) is 8.67. The van der Waals surface area contributed by atoms with E-state index in [0.717, 1.165) is 40.8 Å². The molecule has 0 aliphatic rings. The third-order valence-electron chi connectivity index (χ3n) is 3.83. The van der Waals surface area contributed by atoms with Crippen LogP contribution in [0.5, 0.6) is 5.75 Å². The molecule has 0 bridgehead atoms. The number of aryl methyl sites for hydroxylation is 1. The molecule has 0 radical (unpaired) electrons. The number of nitrogens with one attached hydrogen (secondary N) is 1. The van der Waals surface area contributed by atoms with Gasteiger partial charge in [0.1, 0.15) is 12.4 Å². The summed E-state index contributed by atoms with van der Waals surface area (Å²) in [6, 6.07) is 21.9. The van der Waals surface area contributed by atoms with E-state index in [9.17, 15) is 0 Å². The molecular formula is C21H21ClN2O. The number of benzene rings is 2. The average Bonchev–Trinajstić information content (AvgIpc) is 2.62. The minimum Gasteiger partial charge on any atom is -0.489 e. The largest absolute Gasteiger partial charge is 0.489 e. The highest BCUT2D eigenvalue weighted by Crippen LogP contribution is 2.19. The molecule has 0 saturated heterocycles. The third-order valence-corrected chi connectivity index (χ3v) is 4.20. The maximum atomic E-state index is 6.16. The van der Waals surface area contributed by atoms with E-state index in [0.29, 0.717) is 6.61 Å². The Morgan fingerprint density at radius 2 is 1.80 bits per heavy atom. The number of pyridine rings is 1. The molecular weight excluding hydrogens is 332 g/mol. The normalized spacial score (nSPS) is 10.6. The maximum Gasteiger partial charge on any atom is 0.120 e. The lowest BCUT2D eigenvalue weighted by atomic mass is 10.2. The van der Waals surface area contributed by atoms with Gasteiger partial charge in [-0.15, -0.1) is 0 Å². The van der Waals surface area contributed by atoms with E-state index < -0.39 is 0 Å². The molecule has 1 aromatic heterocycles. The van der Waals surface area contributed by atoms with Crippen LogP contribution in [-0.4, -0.2) is 4.98 Å². The van der Waals surface area contributed by atoms with Crippen molar-refractivity contribution in [1.29, 1.82) is 0 Å². The Kier molecular flexibility index (Phi) is 6.04. The van der Waals surface area contributed by atoms with Gasteiger partial charge in [-0.05, 0) is 42.8 Å². The van der Waals surface area contributed by atoms with Gasteiger partial charge in [-0.1, -0.05) is 48.0 Å². The minimum absolute atomic E-state index is 0.462. The third kappa shape index (κ3) is 5.31. The summed E-state index contributed by atoms with van der Waals surface area (Å²) in [5.74, 6) is 0.841. The highest BCUT2D eigenvalue weighted by Gasteiger charge is 2.02. The van der Waals surface area contributed by atoms with Crippen LogP contribution in [0.25, 0.3) is 0 Å². The fourth-order valence-electron chi connectivity index (χ4n) is 2.55. The first-order valence-electron chi connectivity index (χ1n) is 8.29. The number of rotatable bonds is 7. The molecule has 3 nitrogen and oxygen atoms in total. The molecule has 3 aromatic rings. The highest BCUT2D eigenvalue weighted by atomic mass is 35.5. The van der Waals surface area contributed by atoms with Crippen LogP contribution in [0.1, 0.15) is 22.5 Å². The van der Waals surface area contributed by atoms with E-state index in [4.69, 9.17) is 16.3 Å². The molecule has 0 aliphatic carbocycles. The van der Waals surface area contributed by atoms with Crippen LogP contribution in [0.2, 0.25) is 5.02 Å². The lowest BCUT2D eigenvalue weighted by Gasteiger charge is -2.10. The molecule has 0 saturated carbocycles. The van der Waals surface area contributed by atoms with Crippen molar-refractivity contribution in [1.82, 2.24) is 10.3 Å². The van der Waals surface area contributed by atoms with Crippen molar-refractivity contribution in [3.8, 4) is 5.75 Å². The van der Waals surface area contributed by atoms with Crippen molar-refractivity contribution < 1.29 is 4.74 Å². The van der Waals surface area contributed by atoms with Crippen molar-refractivity contribution in [2.24, 2.45) is 0 Å². The Labute approximate surface area is 153 Å². The summed E-state index contributed by atoms with van der Waals surface area (Å²) in [6.45, 7) is 3.97. The molecule has 128 valence electrons. The minimum atomic E-state index is 0.462. The van der Waals surface area contributed by atoms with Gasteiger partial charge in [0, 0.05) is 29.4 Å². The maximum absolute atomic E-state index is 6.16. The van der Waals surface area contributed by atoms with Crippen LogP contribution in [0, 0.1) is 6.92 Å². The molecule has 4 heteroatoms. The highest BCUT2D eigenvalue weighted by molar-refractivity contribution is 6.31. The summed E-state index contributed by atoms with van der Waals surface area (Å²) in [6.07, 6.45) is 0. The second-order valence-electron chi connectivity index (χ2n) is 5.90. The van der Waals surface area contributed by atoms with E-state index in [1.54, 1.807) is 0 Å². The number of ether oxygens (including phenoxy) is 1. The summed E-state index contributed by atoms with van der Waals surface area (Å²) in [5.41, 5.74) is 4.24. The standard InChI is InChI=1S/C21H21ClN2O/c1-16-6-4-9-19(24-16)14-23-13-17-7-5-10-20(12-17)25-15-18-8-2-3-11-21(18)22/h2-12,23H,13-15H2,1H3. The second kappa shape index (κ2) is 8.65. The van der Waals surface area contributed by atoms with Crippen molar-refractivity contribution in [3.63, 3.8) is 0 Å². The van der Waals surface area contributed by atoms with Gasteiger partial charge in [0.25, 0.3) is 0 Å². The van der Waals surface area contributed by atoms with E-state index >= 15 is 0 Å². The predicted octanol–water partition coefficient (Wildman–Crippen LogP) is 4.91. The summed E-state index contributed by atoms with van der Waals surface area (Å²) in [7, 11) is 0. The summed E-state index contributed by atoms with van der Waals surface area (Å²) in [4.78, 5) is 4.49.